The van der Waals surface area contributed by atoms with Crippen molar-refractivity contribution in [1.82, 2.24) is 0 Å². The number of rotatable bonds is 0. The Labute approximate surface area is 58.0 Å². The van der Waals surface area contributed by atoms with Crippen LogP contribution >= 0.6 is 21.2 Å². The van der Waals surface area contributed by atoms with Crippen molar-refractivity contribution in [3.63, 3.8) is 0 Å². The molecule has 1 nitrogen and oxygen atoms in total. The van der Waals surface area contributed by atoms with Gasteiger partial charge in [-0.3, -0.25) is 7.70 Å². The summed E-state index contributed by atoms with van der Waals surface area (Å²) in [6, 6.07) is 0. The van der Waals surface area contributed by atoms with Gasteiger partial charge < -0.3 is 4.61 Å². The highest BCUT2D eigenvalue weighted by molar-refractivity contribution is 14.2. The van der Waals surface area contributed by atoms with Crippen molar-refractivity contribution in [2.75, 3.05) is 0 Å². The highest BCUT2D eigenvalue weighted by Gasteiger charge is 2.10. The maximum absolute atomic E-state index is 8.89. The van der Waals surface area contributed by atoms with Crippen LogP contribution in [0.1, 0.15) is 19.3 Å². The van der Waals surface area contributed by atoms with Crippen LogP contribution in [-0.2, 0) is 7.70 Å². The Morgan fingerprint density at radius 1 is 1.57 bits per heavy atom. The molecule has 0 heterocycles. The third-order valence-corrected chi connectivity index (χ3v) is 4.51. The van der Waals surface area contributed by atoms with Gasteiger partial charge in [-0.05, 0) is 0 Å². The van der Waals surface area contributed by atoms with E-state index in [9.17, 15) is 0 Å². The predicted octanol–water partition coefficient (Wildman–Crippen LogP) is 1.99. The third-order valence-electron chi connectivity index (χ3n) is 1.33. The Kier molecular flexibility index (Phi) is 2.01. The maximum atomic E-state index is 8.89. The van der Waals surface area contributed by atoms with Gasteiger partial charge in [0, 0.05) is 0 Å². The average molecular weight is 228 g/mol. The summed E-state index contributed by atoms with van der Waals surface area (Å²) in [6.45, 7) is 0. The van der Waals surface area contributed by atoms with Gasteiger partial charge in [-0.2, -0.15) is 0 Å². The van der Waals surface area contributed by atoms with E-state index in [4.69, 9.17) is 4.61 Å². The van der Waals surface area contributed by atoms with Crippen molar-refractivity contribution in [3.8, 4) is 0 Å². The second-order valence-corrected chi connectivity index (χ2v) is 5.72. The van der Waals surface area contributed by atoms with Crippen molar-refractivity contribution in [2.45, 2.75) is 24.5 Å². The van der Waals surface area contributed by atoms with Gasteiger partial charge in [0.05, 0.1) is 0 Å². The Morgan fingerprint density at radius 2 is 2.14 bits per heavy atom. The van der Waals surface area contributed by atoms with Crippen molar-refractivity contribution < 1.29 is 0 Å². The van der Waals surface area contributed by atoms with Crippen LogP contribution in [0.4, 0.5) is 0 Å². The van der Waals surface area contributed by atoms with Gasteiger partial charge in [-0.25, -0.2) is 21.2 Å². The fourth-order valence-electron chi connectivity index (χ4n) is 0.565. The molecule has 0 bridgehead atoms. The van der Waals surface area contributed by atoms with E-state index in [-0.39, 0.29) is 7.70 Å². The molecule has 0 aromatic carbocycles. The molecule has 0 N–H and O–H groups in total. The van der Waals surface area contributed by atoms with Gasteiger partial charge >= 0.3 is 0 Å². The zero-order chi connectivity index (χ0) is 5.28. The third kappa shape index (κ3) is 1.34. The summed E-state index contributed by atoms with van der Waals surface area (Å²) >= 11 is 2.10. The van der Waals surface area contributed by atoms with Crippen LogP contribution in [-0.4, -0.2) is 5.25 Å². The Morgan fingerprint density at radius 3 is 2.14 bits per heavy atom. The summed E-state index contributed by atoms with van der Waals surface area (Å²) in [4.78, 5) is 0. The SMILES string of the molecule is N#[S-](I)C1CCC1. The highest BCUT2D eigenvalue weighted by atomic mass is 127. The summed E-state index contributed by atoms with van der Waals surface area (Å²) in [5.41, 5.74) is 0. The molecule has 1 aliphatic rings. The summed E-state index contributed by atoms with van der Waals surface area (Å²) in [5, 5.41) is 0.653. The molecule has 0 aromatic heterocycles. The largest absolute Gasteiger partial charge is 0.421 e. The standard InChI is InChI=1S/C4H7INS/c5-7(6)4-2-1-3-4/h4H,1-3H2/q-1. The molecular weight excluding hydrogens is 221 g/mol. The van der Waals surface area contributed by atoms with Crippen molar-refractivity contribution in [2.24, 2.45) is 0 Å². The minimum absolute atomic E-state index is 0.304. The molecule has 1 fully saturated rings. The summed E-state index contributed by atoms with van der Waals surface area (Å²) in [5.74, 6) is 0. The maximum Gasteiger partial charge on any atom is -0.0561 e. The van der Waals surface area contributed by atoms with E-state index in [1.807, 2.05) is 0 Å². The van der Waals surface area contributed by atoms with Gasteiger partial charge in [0.2, 0.25) is 0 Å². The quantitative estimate of drug-likeness (QED) is 0.459. The Bertz CT molecular complexity index is 121. The summed E-state index contributed by atoms with van der Waals surface area (Å²) in [6.07, 6.45) is 3.84. The molecule has 1 aliphatic carbocycles. The lowest BCUT2D eigenvalue weighted by atomic mass is 10.0. The normalized spacial score (nSPS) is 22.4. The van der Waals surface area contributed by atoms with Gasteiger partial charge in [0.1, 0.15) is 0 Å². The van der Waals surface area contributed by atoms with Crippen LogP contribution in [0, 0.1) is 4.61 Å². The number of hydrogen-bond acceptors (Lipinski definition) is 2. The second-order valence-electron chi connectivity index (χ2n) is 1.82. The second kappa shape index (κ2) is 2.37. The summed E-state index contributed by atoms with van der Waals surface area (Å²) in [7, 11) is -0.304. The molecule has 42 valence electrons. The van der Waals surface area contributed by atoms with E-state index in [0.29, 0.717) is 5.25 Å². The van der Waals surface area contributed by atoms with Crippen molar-refractivity contribution >= 4 is 28.9 Å². The van der Waals surface area contributed by atoms with E-state index in [1.54, 1.807) is 0 Å². The minimum atomic E-state index is -0.304. The zero-order valence-corrected chi connectivity index (χ0v) is 6.91. The van der Waals surface area contributed by atoms with E-state index in [0.717, 1.165) is 0 Å². The van der Waals surface area contributed by atoms with E-state index in [2.05, 4.69) is 21.2 Å². The lowest BCUT2D eigenvalue weighted by Crippen LogP contribution is -2.17. The average Bonchev–Trinajstić information content (AvgIpc) is 1.23. The van der Waals surface area contributed by atoms with Gasteiger partial charge in [-0.15, -0.1) is 0 Å². The van der Waals surface area contributed by atoms with E-state index >= 15 is 0 Å². The van der Waals surface area contributed by atoms with Gasteiger partial charge in [-0.1, -0.05) is 24.5 Å². The van der Waals surface area contributed by atoms with Crippen molar-refractivity contribution in [3.05, 3.63) is 0 Å². The molecule has 0 saturated heterocycles. The molecule has 0 aromatic rings. The molecule has 0 atom stereocenters. The fourth-order valence-corrected chi connectivity index (χ4v) is 2.81. The highest BCUT2D eigenvalue weighted by Crippen LogP contribution is 2.25. The smallest absolute Gasteiger partial charge is 0.0561 e. The zero-order valence-electron chi connectivity index (χ0n) is 3.93. The molecule has 0 aliphatic heterocycles. The molecule has 1 saturated carbocycles. The molecule has 1 rings (SSSR count). The minimum Gasteiger partial charge on any atom is -0.421 e. The molecular formula is C4H7INS-. The molecule has 7 heavy (non-hydrogen) atoms. The number of nitrogens with zero attached hydrogens (tertiary/aromatic N) is 1. The van der Waals surface area contributed by atoms with E-state index < -0.39 is 0 Å². The monoisotopic (exact) mass is 228 g/mol. The molecule has 0 unspecified atom stereocenters. The van der Waals surface area contributed by atoms with Gasteiger partial charge in [0.25, 0.3) is 0 Å². The van der Waals surface area contributed by atoms with E-state index in [1.165, 1.54) is 19.3 Å². The van der Waals surface area contributed by atoms with Gasteiger partial charge in [0.15, 0.2) is 0 Å². The molecule has 0 amide bonds. The number of hydrogen-bond donors (Lipinski definition) is 0. The Hall–Kier alpha value is 0.790. The van der Waals surface area contributed by atoms with Crippen LogP contribution in [0.15, 0.2) is 0 Å². The first-order chi connectivity index (χ1) is 3.30. The molecule has 0 spiro atoms. The molecule has 3 heteroatoms. The van der Waals surface area contributed by atoms with Crippen LogP contribution in [0.2, 0.25) is 0 Å². The first kappa shape index (κ1) is 5.92. The first-order valence-electron chi connectivity index (χ1n) is 2.39. The molecule has 0 radical (unpaired) electrons. The van der Waals surface area contributed by atoms with Crippen molar-refractivity contribution in [1.29, 1.82) is 4.61 Å². The fraction of sp³-hybridized carbons (Fsp3) is 1.00. The van der Waals surface area contributed by atoms with Crippen LogP contribution in [0.3, 0.4) is 0 Å². The van der Waals surface area contributed by atoms with Crippen LogP contribution in [0.5, 0.6) is 0 Å². The van der Waals surface area contributed by atoms with Crippen LogP contribution < -0.4 is 0 Å². The first-order valence-corrected chi connectivity index (χ1v) is 6.18. The topological polar surface area (TPSA) is 23.8 Å². The Balaban J connectivity index is 2.31. The lowest BCUT2D eigenvalue weighted by molar-refractivity contribution is 0.522. The summed E-state index contributed by atoms with van der Waals surface area (Å²) < 4.78 is 8.89. The predicted molar refractivity (Wildman–Crippen MR) is 40.7 cm³/mol. The van der Waals surface area contributed by atoms with Crippen LogP contribution in [0.25, 0.3) is 0 Å². The number of halogens is 1. The lowest BCUT2D eigenvalue weighted by Gasteiger charge is -2.30.